The zero-order valence-corrected chi connectivity index (χ0v) is 12.4. The van der Waals surface area contributed by atoms with Crippen LogP contribution in [0.15, 0.2) is 18.2 Å². The standard InChI is InChI=1S/C15H18ClF2NO2/c16-8-15(20)19(9-11-3-5-21-6-4-11)10-12-7-13(17)1-2-14(12)18/h1-2,7,11H,3-6,8-10H2. The highest BCUT2D eigenvalue weighted by Gasteiger charge is 2.22. The van der Waals surface area contributed by atoms with Gasteiger partial charge in [-0.15, -0.1) is 11.6 Å². The number of benzene rings is 1. The maximum absolute atomic E-state index is 13.7. The first-order valence-electron chi connectivity index (χ1n) is 6.95. The van der Waals surface area contributed by atoms with Crippen molar-refractivity contribution in [2.75, 3.05) is 25.6 Å². The SMILES string of the molecule is O=C(CCl)N(Cc1cc(F)ccc1F)CC1CCOCC1. The van der Waals surface area contributed by atoms with Crippen molar-refractivity contribution in [3.05, 3.63) is 35.4 Å². The van der Waals surface area contributed by atoms with E-state index in [1.807, 2.05) is 0 Å². The average Bonchev–Trinajstić information content (AvgIpc) is 2.50. The lowest BCUT2D eigenvalue weighted by Crippen LogP contribution is -2.37. The Bertz CT molecular complexity index is 493. The molecule has 3 nitrogen and oxygen atoms in total. The Morgan fingerprint density at radius 2 is 2.05 bits per heavy atom. The molecule has 0 aromatic heterocycles. The van der Waals surface area contributed by atoms with Gasteiger partial charge in [-0.25, -0.2) is 8.78 Å². The molecule has 1 fully saturated rings. The Hall–Kier alpha value is -1.20. The molecule has 1 aliphatic heterocycles. The number of carbonyl (C=O) groups excluding carboxylic acids is 1. The fourth-order valence-electron chi connectivity index (χ4n) is 2.45. The van der Waals surface area contributed by atoms with E-state index in [0.717, 1.165) is 31.0 Å². The molecule has 0 N–H and O–H groups in total. The van der Waals surface area contributed by atoms with E-state index < -0.39 is 11.6 Å². The maximum atomic E-state index is 13.7. The third-order valence-corrected chi connectivity index (χ3v) is 3.88. The Morgan fingerprint density at radius 1 is 1.33 bits per heavy atom. The smallest absolute Gasteiger partial charge is 0.237 e. The van der Waals surface area contributed by atoms with Gasteiger partial charge in [-0.1, -0.05) is 0 Å². The summed E-state index contributed by atoms with van der Waals surface area (Å²) in [6, 6.07) is 3.25. The molecule has 0 atom stereocenters. The van der Waals surface area contributed by atoms with Crippen LogP contribution in [0.2, 0.25) is 0 Å². The van der Waals surface area contributed by atoms with E-state index in [4.69, 9.17) is 16.3 Å². The molecule has 1 aromatic rings. The molecule has 0 radical (unpaired) electrons. The van der Waals surface area contributed by atoms with Gasteiger partial charge in [0.1, 0.15) is 17.5 Å². The summed E-state index contributed by atoms with van der Waals surface area (Å²) >= 11 is 5.62. The summed E-state index contributed by atoms with van der Waals surface area (Å²) < 4.78 is 32.2. The number of amides is 1. The normalized spacial score (nSPS) is 16.0. The van der Waals surface area contributed by atoms with Crippen LogP contribution >= 0.6 is 11.6 Å². The van der Waals surface area contributed by atoms with E-state index in [1.54, 1.807) is 0 Å². The van der Waals surface area contributed by atoms with E-state index in [0.29, 0.717) is 25.7 Å². The number of rotatable bonds is 5. The van der Waals surface area contributed by atoms with Crippen LogP contribution in [0, 0.1) is 17.6 Å². The molecule has 0 aliphatic carbocycles. The predicted octanol–water partition coefficient (Wildman–Crippen LogP) is 2.96. The molecule has 1 heterocycles. The van der Waals surface area contributed by atoms with Gasteiger partial charge in [0.2, 0.25) is 5.91 Å². The van der Waals surface area contributed by atoms with Gasteiger partial charge in [-0.2, -0.15) is 0 Å². The van der Waals surface area contributed by atoms with E-state index >= 15 is 0 Å². The minimum absolute atomic E-state index is 0.0342. The van der Waals surface area contributed by atoms with Gasteiger partial charge in [-0.3, -0.25) is 4.79 Å². The van der Waals surface area contributed by atoms with E-state index in [9.17, 15) is 13.6 Å². The highest BCUT2D eigenvalue weighted by atomic mass is 35.5. The van der Waals surface area contributed by atoms with Crippen LogP contribution in [-0.2, 0) is 16.1 Å². The number of ether oxygens (including phenoxy) is 1. The third kappa shape index (κ3) is 4.64. The second kappa shape index (κ2) is 7.71. The molecule has 116 valence electrons. The van der Waals surface area contributed by atoms with Gasteiger partial charge < -0.3 is 9.64 Å². The second-order valence-electron chi connectivity index (χ2n) is 5.20. The van der Waals surface area contributed by atoms with Gasteiger partial charge in [0.05, 0.1) is 0 Å². The average molecular weight is 318 g/mol. The number of hydrogen-bond donors (Lipinski definition) is 0. The summed E-state index contributed by atoms with van der Waals surface area (Å²) in [5.41, 5.74) is 0.167. The minimum atomic E-state index is -0.518. The zero-order chi connectivity index (χ0) is 15.2. The van der Waals surface area contributed by atoms with Crippen molar-refractivity contribution >= 4 is 17.5 Å². The summed E-state index contributed by atoms with van der Waals surface area (Å²) in [5, 5.41) is 0. The van der Waals surface area contributed by atoms with Gasteiger partial charge in [-0.05, 0) is 37.0 Å². The molecule has 0 unspecified atom stereocenters. The van der Waals surface area contributed by atoms with Crippen molar-refractivity contribution in [3.63, 3.8) is 0 Å². The molecule has 0 bridgehead atoms. The first-order valence-corrected chi connectivity index (χ1v) is 7.49. The lowest BCUT2D eigenvalue weighted by Gasteiger charge is -2.29. The van der Waals surface area contributed by atoms with E-state index in [2.05, 4.69) is 0 Å². The van der Waals surface area contributed by atoms with Crippen molar-refractivity contribution in [3.8, 4) is 0 Å². The minimum Gasteiger partial charge on any atom is -0.381 e. The van der Waals surface area contributed by atoms with Gasteiger partial charge >= 0.3 is 0 Å². The van der Waals surface area contributed by atoms with Crippen molar-refractivity contribution in [1.82, 2.24) is 4.90 Å². The number of halogens is 3. The summed E-state index contributed by atoms with van der Waals surface area (Å²) in [5.74, 6) is -1.17. The van der Waals surface area contributed by atoms with Crippen LogP contribution in [-0.4, -0.2) is 36.4 Å². The van der Waals surface area contributed by atoms with Crippen LogP contribution in [0.4, 0.5) is 8.78 Å². The van der Waals surface area contributed by atoms with Gasteiger partial charge in [0.15, 0.2) is 0 Å². The van der Waals surface area contributed by atoms with Gasteiger partial charge in [0, 0.05) is 31.9 Å². The number of hydrogen-bond acceptors (Lipinski definition) is 2. The van der Waals surface area contributed by atoms with Crippen LogP contribution in [0.25, 0.3) is 0 Å². The van der Waals surface area contributed by atoms with E-state index in [-0.39, 0.29) is 23.9 Å². The molecule has 1 amide bonds. The summed E-state index contributed by atoms with van der Waals surface area (Å²) in [7, 11) is 0. The fourth-order valence-corrected chi connectivity index (χ4v) is 2.62. The summed E-state index contributed by atoms with van der Waals surface area (Å²) in [4.78, 5) is 13.4. The molecule has 6 heteroatoms. The Balaban J connectivity index is 2.08. The lowest BCUT2D eigenvalue weighted by atomic mass is 9.99. The summed E-state index contributed by atoms with van der Waals surface area (Å²) in [6.07, 6.45) is 1.72. The molecule has 1 aliphatic rings. The Morgan fingerprint density at radius 3 is 2.71 bits per heavy atom. The fraction of sp³-hybridized carbons (Fsp3) is 0.533. The van der Waals surface area contributed by atoms with Crippen LogP contribution in [0.1, 0.15) is 18.4 Å². The third-order valence-electron chi connectivity index (χ3n) is 3.66. The van der Waals surface area contributed by atoms with Crippen LogP contribution in [0.3, 0.4) is 0 Å². The van der Waals surface area contributed by atoms with Crippen LogP contribution < -0.4 is 0 Å². The van der Waals surface area contributed by atoms with Crippen molar-refractivity contribution in [2.45, 2.75) is 19.4 Å². The molecule has 0 saturated carbocycles. The maximum Gasteiger partial charge on any atom is 0.237 e. The summed E-state index contributed by atoms with van der Waals surface area (Å²) in [6.45, 7) is 1.86. The zero-order valence-electron chi connectivity index (χ0n) is 11.7. The Kier molecular flexibility index (Phi) is 5.94. The molecular formula is C15H18ClF2NO2. The van der Waals surface area contributed by atoms with Crippen molar-refractivity contribution in [2.24, 2.45) is 5.92 Å². The highest BCUT2D eigenvalue weighted by Crippen LogP contribution is 2.19. The second-order valence-corrected chi connectivity index (χ2v) is 5.47. The predicted molar refractivity (Wildman–Crippen MR) is 76.0 cm³/mol. The largest absolute Gasteiger partial charge is 0.381 e. The number of alkyl halides is 1. The number of carbonyl (C=O) groups is 1. The monoisotopic (exact) mass is 317 g/mol. The molecule has 0 spiro atoms. The molecule has 2 rings (SSSR count). The number of nitrogens with zero attached hydrogens (tertiary/aromatic N) is 1. The molecule has 1 aromatic carbocycles. The van der Waals surface area contributed by atoms with Gasteiger partial charge in [0.25, 0.3) is 0 Å². The van der Waals surface area contributed by atoms with Crippen molar-refractivity contribution < 1.29 is 18.3 Å². The quantitative estimate of drug-likeness (QED) is 0.781. The topological polar surface area (TPSA) is 29.5 Å². The Labute approximate surface area is 127 Å². The molecule has 1 saturated heterocycles. The first kappa shape index (κ1) is 16.2. The van der Waals surface area contributed by atoms with E-state index in [1.165, 1.54) is 4.90 Å². The molecular weight excluding hydrogens is 300 g/mol. The lowest BCUT2D eigenvalue weighted by molar-refractivity contribution is -0.130. The van der Waals surface area contributed by atoms with Crippen molar-refractivity contribution in [1.29, 1.82) is 0 Å². The first-order chi connectivity index (χ1) is 10.1. The van der Waals surface area contributed by atoms with Crippen LogP contribution in [0.5, 0.6) is 0 Å². The highest BCUT2D eigenvalue weighted by molar-refractivity contribution is 6.27. The molecule has 21 heavy (non-hydrogen) atoms.